The second-order valence-corrected chi connectivity index (χ2v) is 4.26. The van der Waals surface area contributed by atoms with E-state index in [4.69, 9.17) is 16.7 Å². The van der Waals surface area contributed by atoms with Crippen molar-refractivity contribution >= 4 is 23.5 Å². The maximum Gasteiger partial charge on any atom is 0.356 e. The molecule has 0 aliphatic heterocycles. The van der Waals surface area contributed by atoms with Crippen LogP contribution in [-0.4, -0.2) is 44.8 Å². The summed E-state index contributed by atoms with van der Waals surface area (Å²) in [7, 11) is 0. The van der Waals surface area contributed by atoms with Gasteiger partial charge >= 0.3 is 5.97 Å². The van der Waals surface area contributed by atoms with E-state index in [0.717, 1.165) is 6.20 Å². The molecule has 1 aromatic heterocycles. The SMILES string of the molecule is CC(=O)NCC(O)C(O)c1cnc(C(=O)O)c(Cl)c1. The molecule has 2 atom stereocenters. The first-order valence-corrected chi connectivity index (χ1v) is 5.70. The fourth-order valence-corrected chi connectivity index (χ4v) is 1.61. The Labute approximate surface area is 113 Å². The van der Waals surface area contributed by atoms with Gasteiger partial charge in [-0.15, -0.1) is 0 Å². The molecule has 0 aliphatic rings. The van der Waals surface area contributed by atoms with Crippen molar-refractivity contribution in [3.05, 3.63) is 28.5 Å². The summed E-state index contributed by atoms with van der Waals surface area (Å²) in [5.41, 5.74) is -0.179. The summed E-state index contributed by atoms with van der Waals surface area (Å²) < 4.78 is 0. The van der Waals surface area contributed by atoms with Crippen molar-refractivity contribution in [2.45, 2.75) is 19.1 Å². The predicted octanol–water partition coefficient (Wildman–Crippen LogP) is -0.0364. The van der Waals surface area contributed by atoms with Crippen LogP contribution < -0.4 is 5.32 Å². The number of hydrogen-bond donors (Lipinski definition) is 4. The molecule has 0 bridgehead atoms. The first-order chi connectivity index (χ1) is 8.82. The van der Waals surface area contributed by atoms with Gasteiger partial charge in [-0.3, -0.25) is 4.79 Å². The lowest BCUT2D eigenvalue weighted by Crippen LogP contribution is -2.34. The van der Waals surface area contributed by atoms with Crippen molar-refractivity contribution in [3.8, 4) is 0 Å². The van der Waals surface area contributed by atoms with Gasteiger partial charge in [0.25, 0.3) is 0 Å². The van der Waals surface area contributed by atoms with Gasteiger partial charge in [0.2, 0.25) is 5.91 Å². The Bertz CT molecular complexity index is 494. The van der Waals surface area contributed by atoms with Crippen molar-refractivity contribution in [2.75, 3.05) is 6.54 Å². The largest absolute Gasteiger partial charge is 0.476 e. The fraction of sp³-hybridized carbons (Fsp3) is 0.364. The molecule has 4 N–H and O–H groups in total. The quantitative estimate of drug-likeness (QED) is 0.604. The number of carboxylic acids is 1. The van der Waals surface area contributed by atoms with Crippen LogP contribution in [0.15, 0.2) is 12.3 Å². The second kappa shape index (κ2) is 6.46. The van der Waals surface area contributed by atoms with E-state index in [-0.39, 0.29) is 28.7 Å². The second-order valence-electron chi connectivity index (χ2n) is 3.85. The zero-order chi connectivity index (χ0) is 14.6. The van der Waals surface area contributed by atoms with Crippen LogP contribution in [0, 0.1) is 0 Å². The lowest BCUT2D eigenvalue weighted by molar-refractivity contribution is -0.119. The molecule has 0 spiro atoms. The summed E-state index contributed by atoms with van der Waals surface area (Å²) in [5, 5.41) is 30.4. The lowest BCUT2D eigenvalue weighted by Gasteiger charge is -2.18. The van der Waals surface area contributed by atoms with E-state index in [9.17, 15) is 19.8 Å². The minimum atomic E-state index is -1.33. The summed E-state index contributed by atoms with van der Waals surface area (Å²) in [5.74, 6) is -1.63. The van der Waals surface area contributed by atoms with E-state index in [1.165, 1.54) is 13.0 Å². The Balaban J connectivity index is 2.82. The van der Waals surface area contributed by atoms with E-state index in [0.29, 0.717) is 0 Å². The summed E-state index contributed by atoms with van der Waals surface area (Å²) >= 11 is 5.69. The number of carbonyl (C=O) groups is 2. The Morgan fingerprint density at radius 3 is 2.58 bits per heavy atom. The molecule has 2 unspecified atom stereocenters. The topological polar surface area (TPSA) is 120 Å². The van der Waals surface area contributed by atoms with Gasteiger partial charge in [0.05, 0.1) is 5.02 Å². The Kier molecular flexibility index (Phi) is 5.22. The molecule has 0 aromatic carbocycles. The molecule has 0 saturated heterocycles. The van der Waals surface area contributed by atoms with Crippen molar-refractivity contribution in [2.24, 2.45) is 0 Å². The number of aliphatic hydroxyl groups is 2. The fourth-order valence-electron chi connectivity index (χ4n) is 1.35. The number of carbonyl (C=O) groups excluding carboxylic acids is 1. The molecule has 1 heterocycles. The first-order valence-electron chi connectivity index (χ1n) is 5.32. The molecule has 19 heavy (non-hydrogen) atoms. The number of aromatic carboxylic acids is 1. The standard InChI is InChI=1S/C11H13ClN2O5/c1-5(15)13-4-8(16)10(17)6-2-7(12)9(11(18)19)14-3-6/h2-3,8,10,16-17H,4H2,1H3,(H,13,15)(H,18,19). The van der Waals surface area contributed by atoms with Crippen LogP contribution in [0.3, 0.4) is 0 Å². The molecule has 0 aliphatic carbocycles. The van der Waals surface area contributed by atoms with Gasteiger partial charge in [-0.1, -0.05) is 11.6 Å². The number of amides is 1. The van der Waals surface area contributed by atoms with E-state index in [1.54, 1.807) is 0 Å². The molecule has 0 radical (unpaired) electrons. The van der Waals surface area contributed by atoms with Gasteiger partial charge in [0.1, 0.15) is 12.2 Å². The van der Waals surface area contributed by atoms with Gasteiger partial charge in [-0.05, 0) is 6.07 Å². The number of rotatable bonds is 5. The van der Waals surface area contributed by atoms with Crippen molar-refractivity contribution in [3.63, 3.8) is 0 Å². The third-order valence-electron chi connectivity index (χ3n) is 2.33. The highest BCUT2D eigenvalue weighted by Crippen LogP contribution is 2.22. The van der Waals surface area contributed by atoms with Gasteiger partial charge in [0.15, 0.2) is 5.69 Å². The van der Waals surface area contributed by atoms with Crippen LogP contribution in [0.5, 0.6) is 0 Å². The van der Waals surface area contributed by atoms with Crippen LogP contribution in [0.2, 0.25) is 5.02 Å². The van der Waals surface area contributed by atoms with Crippen LogP contribution in [0.25, 0.3) is 0 Å². The molecular formula is C11H13ClN2O5. The number of aliphatic hydroxyl groups excluding tert-OH is 2. The first kappa shape index (κ1) is 15.4. The molecule has 1 aromatic rings. The van der Waals surface area contributed by atoms with Crippen LogP contribution in [0.1, 0.15) is 29.1 Å². The molecule has 8 heteroatoms. The summed E-state index contributed by atoms with van der Waals surface area (Å²) in [6.07, 6.45) is -1.48. The minimum Gasteiger partial charge on any atom is -0.476 e. The highest BCUT2D eigenvalue weighted by atomic mass is 35.5. The number of aromatic nitrogens is 1. The molecule has 1 rings (SSSR count). The average Bonchev–Trinajstić information content (AvgIpc) is 2.34. The average molecular weight is 289 g/mol. The maximum atomic E-state index is 10.7. The van der Waals surface area contributed by atoms with E-state index in [2.05, 4.69) is 10.3 Å². The van der Waals surface area contributed by atoms with Crippen molar-refractivity contribution < 1.29 is 24.9 Å². The molecule has 0 fully saturated rings. The Hall–Kier alpha value is -1.70. The van der Waals surface area contributed by atoms with Crippen molar-refractivity contribution in [1.82, 2.24) is 10.3 Å². The minimum absolute atomic E-state index is 0.143. The summed E-state index contributed by atoms with van der Waals surface area (Å²) in [4.78, 5) is 25.0. The maximum absolute atomic E-state index is 10.7. The van der Waals surface area contributed by atoms with E-state index in [1.807, 2.05) is 0 Å². The summed E-state index contributed by atoms with van der Waals surface area (Å²) in [6, 6.07) is 1.21. The summed E-state index contributed by atoms with van der Waals surface area (Å²) in [6.45, 7) is 1.13. The smallest absolute Gasteiger partial charge is 0.356 e. The number of halogens is 1. The third-order valence-corrected chi connectivity index (χ3v) is 2.62. The zero-order valence-corrected chi connectivity index (χ0v) is 10.8. The van der Waals surface area contributed by atoms with Crippen LogP contribution in [-0.2, 0) is 4.79 Å². The van der Waals surface area contributed by atoms with E-state index < -0.39 is 18.2 Å². The molecular weight excluding hydrogens is 276 g/mol. The van der Waals surface area contributed by atoms with Gasteiger partial charge in [-0.2, -0.15) is 0 Å². The number of pyridine rings is 1. The number of nitrogens with one attached hydrogen (secondary N) is 1. The lowest BCUT2D eigenvalue weighted by atomic mass is 10.1. The number of carboxylic acid groups (broad SMARTS) is 1. The third kappa shape index (κ3) is 4.16. The zero-order valence-electron chi connectivity index (χ0n) is 10.00. The Morgan fingerprint density at radius 2 is 2.11 bits per heavy atom. The van der Waals surface area contributed by atoms with Gasteiger partial charge in [-0.25, -0.2) is 9.78 Å². The van der Waals surface area contributed by atoms with Crippen LogP contribution >= 0.6 is 11.6 Å². The molecule has 7 nitrogen and oxygen atoms in total. The predicted molar refractivity (Wildman–Crippen MR) is 65.9 cm³/mol. The molecule has 0 saturated carbocycles. The highest BCUT2D eigenvalue weighted by Gasteiger charge is 2.21. The molecule has 104 valence electrons. The number of nitrogens with zero attached hydrogens (tertiary/aromatic N) is 1. The number of hydrogen-bond acceptors (Lipinski definition) is 5. The van der Waals surface area contributed by atoms with Gasteiger partial charge in [0, 0.05) is 25.2 Å². The molecule has 1 amide bonds. The van der Waals surface area contributed by atoms with Gasteiger partial charge < -0.3 is 20.6 Å². The van der Waals surface area contributed by atoms with Crippen molar-refractivity contribution in [1.29, 1.82) is 0 Å². The monoisotopic (exact) mass is 288 g/mol. The highest BCUT2D eigenvalue weighted by molar-refractivity contribution is 6.33. The van der Waals surface area contributed by atoms with Crippen LogP contribution in [0.4, 0.5) is 0 Å². The Morgan fingerprint density at radius 1 is 1.47 bits per heavy atom. The normalized spacial score (nSPS) is 13.7. The van der Waals surface area contributed by atoms with E-state index >= 15 is 0 Å².